The first-order valence-corrected chi connectivity index (χ1v) is 5.97. The molecule has 0 spiro atoms. The first-order chi connectivity index (χ1) is 7.17. The Morgan fingerprint density at radius 3 is 2.73 bits per heavy atom. The molecule has 1 rings (SSSR count). The molecule has 1 nitrogen and oxygen atoms in total. The van der Waals surface area contributed by atoms with E-state index in [0.717, 1.165) is 29.2 Å². The Hall–Kier alpha value is -0.400. The van der Waals surface area contributed by atoms with Crippen LogP contribution in [-0.2, 0) is 6.42 Å². The van der Waals surface area contributed by atoms with E-state index < -0.39 is 0 Å². The quantitative estimate of drug-likeness (QED) is 0.710. The number of halogens is 2. The van der Waals surface area contributed by atoms with Gasteiger partial charge in [-0.3, -0.25) is 0 Å². The summed E-state index contributed by atoms with van der Waals surface area (Å²) >= 11 is 11.7. The third-order valence-electron chi connectivity index (χ3n) is 2.41. The molecule has 0 aliphatic carbocycles. The van der Waals surface area contributed by atoms with Crippen LogP contribution in [0, 0.1) is 5.92 Å². The Morgan fingerprint density at radius 1 is 1.40 bits per heavy atom. The van der Waals surface area contributed by atoms with E-state index in [9.17, 15) is 0 Å². The van der Waals surface area contributed by atoms with Crippen molar-refractivity contribution in [1.29, 1.82) is 0 Å². The summed E-state index contributed by atoms with van der Waals surface area (Å²) in [7, 11) is 1.68. The van der Waals surface area contributed by atoms with E-state index in [-0.39, 0.29) is 0 Å². The lowest BCUT2D eigenvalue weighted by molar-refractivity contribution is 0.407. The summed E-state index contributed by atoms with van der Waals surface area (Å²) in [6.45, 7) is 2.14. The molecular formula is C12H16Cl2O. The molecule has 0 fully saturated rings. The van der Waals surface area contributed by atoms with Gasteiger partial charge in [0.1, 0.15) is 5.75 Å². The molecule has 0 amide bonds. The van der Waals surface area contributed by atoms with E-state index in [1.807, 2.05) is 18.2 Å². The highest BCUT2D eigenvalue weighted by atomic mass is 35.5. The fraction of sp³-hybridized carbons (Fsp3) is 0.500. The standard InChI is InChI=1S/C12H16Cl2O/c1-9(8-13)3-4-10-7-11(14)5-6-12(10)15-2/h5-7,9H,3-4,8H2,1-2H3. The summed E-state index contributed by atoms with van der Waals surface area (Å²) in [4.78, 5) is 0. The van der Waals surface area contributed by atoms with Crippen molar-refractivity contribution in [2.45, 2.75) is 19.8 Å². The van der Waals surface area contributed by atoms with Crippen molar-refractivity contribution in [2.24, 2.45) is 5.92 Å². The molecule has 1 aromatic carbocycles. The van der Waals surface area contributed by atoms with Crippen LogP contribution in [0.5, 0.6) is 5.75 Å². The summed E-state index contributed by atoms with van der Waals surface area (Å²) in [5, 5.41) is 0.754. The Labute approximate surface area is 101 Å². The van der Waals surface area contributed by atoms with E-state index in [0.29, 0.717) is 11.8 Å². The summed E-state index contributed by atoms with van der Waals surface area (Å²) in [5.74, 6) is 2.12. The van der Waals surface area contributed by atoms with E-state index in [1.54, 1.807) is 7.11 Å². The van der Waals surface area contributed by atoms with E-state index in [2.05, 4.69) is 6.92 Å². The monoisotopic (exact) mass is 246 g/mol. The average molecular weight is 247 g/mol. The Balaban J connectivity index is 2.69. The van der Waals surface area contributed by atoms with Crippen molar-refractivity contribution < 1.29 is 4.74 Å². The van der Waals surface area contributed by atoms with Gasteiger partial charge in [0.25, 0.3) is 0 Å². The minimum absolute atomic E-state index is 0.523. The number of benzene rings is 1. The molecule has 1 atom stereocenters. The van der Waals surface area contributed by atoms with Crippen LogP contribution in [0.1, 0.15) is 18.9 Å². The topological polar surface area (TPSA) is 9.23 Å². The summed E-state index contributed by atoms with van der Waals surface area (Å²) < 4.78 is 5.27. The van der Waals surface area contributed by atoms with Crippen LogP contribution in [0.15, 0.2) is 18.2 Å². The van der Waals surface area contributed by atoms with Crippen LogP contribution in [0.3, 0.4) is 0 Å². The molecule has 1 unspecified atom stereocenters. The lowest BCUT2D eigenvalue weighted by Crippen LogP contribution is -2.00. The first kappa shape index (κ1) is 12.7. The van der Waals surface area contributed by atoms with Crippen molar-refractivity contribution >= 4 is 23.2 Å². The SMILES string of the molecule is COc1ccc(Cl)cc1CCC(C)CCl. The van der Waals surface area contributed by atoms with Crippen molar-refractivity contribution in [3.63, 3.8) is 0 Å². The van der Waals surface area contributed by atoms with E-state index in [4.69, 9.17) is 27.9 Å². The predicted molar refractivity (Wildman–Crippen MR) is 66.2 cm³/mol. The van der Waals surface area contributed by atoms with Crippen molar-refractivity contribution in [3.8, 4) is 5.75 Å². The molecule has 15 heavy (non-hydrogen) atoms. The maximum Gasteiger partial charge on any atom is 0.122 e. The second kappa shape index (κ2) is 6.24. The zero-order valence-electron chi connectivity index (χ0n) is 9.09. The van der Waals surface area contributed by atoms with Crippen molar-refractivity contribution in [1.82, 2.24) is 0 Å². The van der Waals surface area contributed by atoms with Gasteiger partial charge >= 0.3 is 0 Å². The third-order valence-corrected chi connectivity index (χ3v) is 3.17. The summed E-state index contributed by atoms with van der Waals surface area (Å²) in [6, 6.07) is 5.71. The molecule has 3 heteroatoms. The molecule has 0 aliphatic rings. The third kappa shape index (κ3) is 3.92. The normalized spacial score (nSPS) is 12.5. The number of aryl methyl sites for hydroxylation is 1. The molecule has 84 valence electrons. The average Bonchev–Trinajstić information content (AvgIpc) is 2.26. The Kier molecular flexibility index (Phi) is 5.27. The molecule has 0 aliphatic heterocycles. The zero-order valence-corrected chi connectivity index (χ0v) is 10.6. The fourth-order valence-corrected chi connectivity index (χ4v) is 1.77. The van der Waals surface area contributed by atoms with E-state index >= 15 is 0 Å². The van der Waals surface area contributed by atoms with Crippen LogP contribution >= 0.6 is 23.2 Å². The highest BCUT2D eigenvalue weighted by Gasteiger charge is 2.06. The highest BCUT2D eigenvalue weighted by Crippen LogP contribution is 2.25. The summed E-state index contributed by atoms with van der Waals surface area (Å²) in [6.07, 6.45) is 2.01. The maximum absolute atomic E-state index is 5.94. The van der Waals surface area contributed by atoms with Gasteiger partial charge in [-0.1, -0.05) is 18.5 Å². The number of rotatable bonds is 5. The van der Waals surface area contributed by atoms with Gasteiger partial charge in [0.05, 0.1) is 7.11 Å². The summed E-state index contributed by atoms with van der Waals surface area (Å²) in [5.41, 5.74) is 1.15. The van der Waals surface area contributed by atoms with Crippen molar-refractivity contribution in [3.05, 3.63) is 28.8 Å². The second-order valence-electron chi connectivity index (χ2n) is 3.75. The largest absolute Gasteiger partial charge is 0.496 e. The molecule has 0 heterocycles. The smallest absolute Gasteiger partial charge is 0.122 e. The second-order valence-corrected chi connectivity index (χ2v) is 4.50. The van der Waals surface area contributed by atoms with Gasteiger partial charge in [-0.05, 0) is 42.5 Å². The van der Waals surface area contributed by atoms with Gasteiger partial charge in [0.15, 0.2) is 0 Å². The van der Waals surface area contributed by atoms with Gasteiger partial charge < -0.3 is 4.74 Å². The van der Waals surface area contributed by atoms with Crippen LogP contribution in [0.2, 0.25) is 5.02 Å². The van der Waals surface area contributed by atoms with Gasteiger partial charge in [-0.2, -0.15) is 0 Å². The first-order valence-electron chi connectivity index (χ1n) is 5.05. The van der Waals surface area contributed by atoms with Crippen LogP contribution in [-0.4, -0.2) is 13.0 Å². The fourth-order valence-electron chi connectivity index (χ4n) is 1.42. The minimum Gasteiger partial charge on any atom is -0.496 e. The number of alkyl halides is 1. The highest BCUT2D eigenvalue weighted by molar-refractivity contribution is 6.30. The number of hydrogen-bond donors (Lipinski definition) is 0. The molecule has 1 aromatic rings. The predicted octanol–water partition coefficient (Wildman–Crippen LogP) is 4.16. The van der Waals surface area contributed by atoms with Crippen LogP contribution < -0.4 is 4.74 Å². The lowest BCUT2D eigenvalue weighted by Gasteiger charge is -2.11. The lowest BCUT2D eigenvalue weighted by atomic mass is 10.0. The van der Waals surface area contributed by atoms with Gasteiger partial charge in [-0.15, -0.1) is 11.6 Å². The minimum atomic E-state index is 0.523. The van der Waals surface area contributed by atoms with Gasteiger partial charge in [0.2, 0.25) is 0 Å². The Bertz CT molecular complexity index is 312. The molecule has 0 radical (unpaired) electrons. The molecule has 0 saturated heterocycles. The molecular weight excluding hydrogens is 231 g/mol. The molecule has 0 aromatic heterocycles. The van der Waals surface area contributed by atoms with E-state index in [1.165, 1.54) is 0 Å². The Morgan fingerprint density at radius 2 is 2.13 bits per heavy atom. The number of ether oxygens (including phenoxy) is 1. The number of hydrogen-bond acceptors (Lipinski definition) is 1. The van der Waals surface area contributed by atoms with Crippen LogP contribution in [0.25, 0.3) is 0 Å². The van der Waals surface area contributed by atoms with Crippen LogP contribution in [0.4, 0.5) is 0 Å². The zero-order chi connectivity index (χ0) is 11.3. The van der Waals surface area contributed by atoms with Gasteiger partial charge in [-0.25, -0.2) is 0 Å². The maximum atomic E-state index is 5.94. The molecule has 0 N–H and O–H groups in total. The van der Waals surface area contributed by atoms with Gasteiger partial charge in [0, 0.05) is 10.9 Å². The number of methoxy groups -OCH3 is 1. The molecule has 0 saturated carbocycles. The molecule has 0 bridgehead atoms. The van der Waals surface area contributed by atoms with Crippen molar-refractivity contribution in [2.75, 3.05) is 13.0 Å².